The number of benzene rings is 2. The number of hydrogen-bond acceptors (Lipinski definition) is 4. The number of carbonyl (C=O) groups excluding carboxylic acids is 2. The minimum Gasteiger partial charge on any atom is -0.365 e. The van der Waals surface area contributed by atoms with E-state index in [4.69, 9.17) is 11.6 Å². The molecule has 2 aromatic carbocycles. The van der Waals surface area contributed by atoms with E-state index in [2.05, 4.69) is 16.0 Å². The van der Waals surface area contributed by atoms with E-state index < -0.39 is 5.82 Å². The number of nitrogens with zero attached hydrogens (tertiary/aromatic N) is 1. The topological polar surface area (TPSA) is 73.5 Å². The zero-order chi connectivity index (χ0) is 20.8. The second kappa shape index (κ2) is 9.43. The molecule has 0 aliphatic carbocycles. The molecule has 3 N–H and O–H groups in total. The number of anilines is 2. The Morgan fingerprint density at radius 1 is 1.24 bits per heavy atom. The molecule has 2 amide bonds. The van der Waals surface area contributed by atoms with E-state index in [1.165, 1.54) is 12.1 Å². The van der Waals surface area contributed by atoms with Crippen LogP contribution in [0.2, 0.25) is 5.02 Å². The van der Waals surface area contributed by atoms with Gasteiger partial charge in [0.2, 0.25) is 5.91 Å². The molecule has 0 bridgehead atoms. The number of rotatable bonds is 7. The molecule has 0 atom stereocenters. The fourth-order valence-electron chi connectivity index (χ4n) is 2.92. The first kappa shape index (κ1) is 20.7. The third-order valence-corrected chi connectivity index (χ3v) is 4.59. The first-order valence-electron chi connectivity index (χ1n) is 9.34. The van der Waals surface area contributed by atoms with Gasteiger partial charge in [-0.2, -0.15) is 0 Å². The van der Waals surface area contributed by atoms with Crippen molar-refractivity contribution in [2.75, 3.05) is 23.7 Å². The molecule has 0 radical (unpaired) electrons. The Balaban J connectivity index is 1.71. The molecule has 0 aromatic heterocycles. The second-order valence-corrected chi connectivity index (χ2v) is 7.10. The van der Waals surface area contributed by atoms with Gasteiger partial charge in [0.25, 0.3) is 5.91 Å². The molecular weight excluding hydrogens is 395 g/mol. The third-order valence-electron chi connectivity index (χ3n) is 4.35. The highest BCUT2D eigenvalue weighted by Gasteiger charge is 2.20. The van der Waals surface area contributed by atoms with Crippen molar-refractivity contribution in [2.45, 2.75) is 19.8 Å². The molecule has 152 valence electrons. The summed E-state index contributed by atoms with van der Waals surface area (Å²) < 4.78 is 13.9. The van der Waals surface area contributed by atoms with Gasteiger partial charge in [0.15, 0.2) is 0 Å². The normalized spacial score (nSPS) is 14.0. The summed E-state index contributed by atoms with van der Waals surface area (Å²) >= 11 is 5.74. The van der Waals surface area contributed by atoms with Crippen LogP contribution in [0.15, 0.2) is 54.5 Å². The molecule has 0 saturated heterocycles. The standard InChI is InChI=1S/C21H22ClFN4O2/c1-2-3-10-27(13-20(28)25-18-9-8-14(22)11-16(18)23)12-19-24-17-7-5-4-6-15(17)21(29)26-19/h4-9,11-12,24H,2-3,10,13H2,1H3,(H,25,28)(H,26,29). The average Bonchev–Trinajstić information content (AvgIpc) is 2.68. The Morgan fingerprint density at radius 3 is 2.79 bits per heavy atom. The highest BCUT2D eigenvalue weighted by atomic mass is 35.5. The fourth-order valence-corrected chi connectivity index (χ4v) is 3.08. The van der Waals surface area contributed by atoms with E-state index >= 15 is 0 Å². The number of para-hydroxylation sites is 1. The van der Waals surface area contributed by atoms with E-state index in [1.807, 2.05) is 19.1 Å². The lowest BCUT2D eigenvalue weighted by molar-refractivity contribution is -0.116. The summed E-state index contributed by atoms with van der Waals surface area (Å²) in [5, 5.41) is 8.75. The van der Waals surface area contributed by atoms with Gasteiger partial charge in [-0.1, -0.05) is 37.1 Å². The van der Waals surface area contributed by atoms with Gasteiger partial charge in [-0.25, -0.2) is 4.39 Å². The predicted octanol–water partition coefficient (Wildman–Crippen LogP) is 4.17. The number of fused-ring (bicyclic) bond motifs is 1. The summed E-state index contributed by atoms with van der Waals surface area (Å²) in [6.45, 7) is 2.66. The van der Waals surface area contributed by atoms with E-state index in [0.717, 1.165) is 18.9 Å². The molecule has 3 rings (SSSR count). The number of halogens is 2. The summed E-state index contributed by atoms with van der Waals surface area (Å²) in [6, 6.07) is 11.3. The largest absolute Gasteiger partial charge is 0.365 e. The minimum absolute atomic E-state index is 0.00473. The molecule has 6 nitrogen and oxygen atoms in total. The van der Waals surface area contributed by atoms with Crippen LogP contribution in [0.1, 0.15) is 30.1 Å². The maximum atomic E-state index is 13.9. The summed E-state index contributed by atoms with van der Waals surface area (Å²) in [7, 11) is 0. The van der Waals surface area contributed by atoms with Crippen LogP contribution in [0.25, 0.3) is 0 Å². The van der Waals surface area contributed by atoms with Crippen LogP contribution in [0.4, 0.5) is 15.8 Å². The third kappa shape index (κ3) is 5.48. The highest BCUT2D eigenvalue weighted by molar-refractivity contribution is 6.30. The van der Waals surface area contributed by atoms with E-state index in [-0.39, 0.29) is 29.1 Å². The van der Waals surface area contributed by atoms with E-state index in [1.54, 1.807) is 23.2 Å². The smallest absolute Gasteiger partial charge is 0.258 e. The highest BCUT2D eigenvalue weighted by Crippen LogP contribution is 2.21. The van der Waals surface area contributed by atoms with Gasteiger partial charge in [0.1, 0.15) is 11.6 Å². The van der Waals surface area contributed by atoms with Crippen molar-refractivity contribution in [3.05, 3.63) is 70.9 Å². The quantitative estimate of drug-likeness (QED) is 0.633. The number of amides is 2. The van der Waals surface area contributed by atoms with Gasteiger partial charge in [-0.15, -0.1) is 0 Å². The maximum absolute atomic E-state index is 13.9. The Bertz CT molecular complexity index is 948. The Kier molecular flexibility index (Phi) is 6.72. The SMILES string of the molecule is CCCCN(C=C1NC(=O)c2ccccc2N1)CC(=O)Nc1ccc(Cl)cc1F. The Morgan fingerprint density at radius 2 is 2.03 bits per heavy atom. The summed E-state index contributed by atoms with van der Waals surface area (Å²) in [6.07, 6.45) is 3.49. The van der Waals surface area contributed by atoms with Crippen molar-refractivity contribution in [1.82, 2.24) is 10.2 Å². The van der Waals surface area contributed by atoms with Crippen LogP contribution in [-0.2, 0) is 4.79 Å². The van der Waals surface area contributed by atoms with Crippen LogP contribution in [0.3, 0.4) is 0 Å². The van der Waals surface area contributed by atoms with Crippen molar-refractivity contribution in [3.63, 3.8) is 0 Å². The first-order chi connectivity index (χ1) is 14.0. The number of unbranched alkanes of at least 4 members (excludes halogenated alkanes) is 1. The average molecular weight is 417 g/mol. The van der Waals surface area contributed by atoms with Crippen molar-refractivity contribution in [3.8, 4) is 0 Å². The van der Waals surface area contributed by atoms with Crippen LogP contribution >= 0.6 is 11.6 Å². The predicted molar refractivity (Wildman–Crippen MR) is 112 cm³/mol. The minimum atomic E-state index is -0.595. The molecule has 2 aromatic rings. The van der Waals surface area contributed by atoms with Crippen LogP contribution in [0, 0.1) is 5.82 Å². The number of carbonyl (C=O) groups is 2. The molecule has 1 aliphatic heterocycles. The summed E-state index contributed by atoms with van der Waals surface area (Å²) in [5.74, 6) is -0.701. The van der Waals surface area contributed by atoms with Crippen LogP contribution in [0.5, 0.6) is 0 Å². The number of nitrogens with one attached hydrogen (secondary N) is 3. The zero-order valence-electron chi connectivity index (χ0n) is 16.0. The molecule has 0 unspecified atom stereocenters. The lowest BCUT2D eigenvalue weighted by Gasteiger charge is -2.25. The van der Waals surface area contributed by atoms with Gasteiger partial charge >= 0.3 is 0 Å². The van der Waals surface area contributed by atoms with Gasteiger partial charge in [0, 0.05) is 17.8 Å². The first-order valence-corrected chi connectivity index (χ1v) is 9.72. The van der Waals surface area contributed by atoms with E-state index in [9.17, 15) is 14.0 Å². The zero-order valence-corrected chi connectivity index (χ0v) is 16.7. The Labute approximate surface area is 173 Å². The van der Waals surface area contributed by atoms with Gasteiger partial charge < -0.3 is 20.9 Å². The lowest BCUT2D eigenvalue weighted by Crippen LogP contribution is -2.36. The molecule has 0 spiro atoms. The second-order valence-electron chi connectivity index (χ2n) is 6.66. The van der Waals surface area contributed by atoms with Crippen molar-refractivity contribution >= 4 is 34.8 Å². The fraction of sp³-hybridized carbons (Fsp3) is 0.238. The van der Waals surface area contributed by atoms with E-state index in [0.29, 0.717) is 23.6 Å². The monoisotopic (exact) mass is 416 g/mol. The molecule has 8 heteroatoms. The Hall–Kier alpha value is -3.06. The maximum Gasteiger partial charge on any atom is 0.258 e. The molecule has 0 saturated carbocycles. The summed E-state index contributed by atoms with van der Waals surface area (Å²) in [5.41, 5.74) is 1.33. The van der Waals surface area contributed by atoms with Gasteiger partial charge in [-0.3, -0.25) is 9.59 Å². The van der Waals surface area contributed by atoms with Gasteiger partial charge in [0.05, 0.1) is 23.5 Å². The molecule has 29 heavy (non-hydrogen) atoms. The van der Waals surface area contributed by atoms with Gasteiger partial charge in [-0.05, 0) is 36.8 Å². The molecule has 1 aliphatic rings. The lowest BCUT2D eigenvalue weighted by atomic mass is 10.1. The number of hydrogen-bond donors (Lipinski definition) is 3. The van der Waals surface area contributed by atoms with Crippen LogP contribution < -0.4 is 16.0 Å². The molecule has 1 heterocycles. The van der Waals surface area contributed by atoms with Crippen molar-refractivity contribution in [1.29, 1.82) is 0 Å². The van der Waals surface area contributed by atoms with Crippen LogP contribution in [-0.4, -0.2) is 29.8 Å². The molecular formula is C21H22ClFN4O2. The summed E-state index contributed by atoms with van der Waals surface area (Å²) in [4.78, 5) is 26.5. The molecule has 0 fully saturated rings. The van der Waals surface area contributed by atoms with Crippen molar-refractivity contribution in [2.24, 2.45) is 0 Å². The van der Waals surface area contributed by atoms with Crippen molar-refractivity contribution < 1.29 is 14.0 Å².